The van der Waals surface area contributed by atoms with E-state index in [2.05, 4.69) is 0 Å². The summed E-state index contributed by atoms with van der Waals surface area (Å²) in [4.78, 5) is 29.5. The molecule has 0 aromatic rings. The number of amides is 3. The maximum atomic E-state index is 12.5. The van der Waals surface area contributed by atoms with Crippen LogP contribution in [-0.4, -0.2) is 78.1 Å². The minimum absolute atomic E-state index is 0.0134. The van der Waals surface area contributed by atoms with Crippen molar-refractivity contribution in [2.24, 2.45) is 5.92 Å². The number of hydrogen-bond donors (Lipinski definition) is 1. The highest BCUT2D eigenvalue weighted by molar-refractivity contribution is 5.79. The summed E-state index contributed by atoms with van der Waals surface area (Å²) < 4.78 is 0. The first-order valence-corrected chi connectivity index (χ1v) is 8.26. The smallest absolute Gasteiger partial charge is 0.319 e. The second-order valence-corrected chi connectivity index (χ2v) is 7.06. The Morgan fingerprint density at radius 1 is 1.14 bits per heavy atom. The molecule has 126 valence electrons. The highest BCUT2D eigenvalue weighted by Gasteiger charge is 2.36. The lowest BCUT2D eigenvalue weighted by molar-refractivity contribution is -0.138. The van der Waals surface area contributed by atoms with E-state index in [1.807, 2.05) is 0 Å². The van der Waals surface area contributed by atoms with E-state index in [9.17, 15) is 14.7 Å². The number of rotatable bonds is 3. The minimum atomic E-state index is -0.688. The molecule has 0 bridgehead atoms. The van der Waals surface area contributed by atoms with E-state index in [1.54, 1.807) is 35.8 Å². The van der Waals surface area contributed by atoms with E-state index in [1.165, 1.54) is 0 Å². The van der Waals surface area contributed by atoms with E-state index in [-0.39, 0.29) is 17.9 Å². The van der Waals surface area contributed by atoms with E-state index >= 15 is 0 Å². The molecular formula is C16H29N3O3. The molecule has 0 aromatic carbocycles. The van der Waals surface area contributed by atoms with Gasteiger partial charge in [0.25, 0.3) is 0 Å². The van der Waals surface area contributed by atoms with Crippen LogP contribution in [0.3, 0.4) is 0 Å². The van der Waals surface area contributed by atoms with Crippen molar-refractivity contribution in [1.29, 1.82) is 0 Å². The standard InChI is InChI=1S/C16H29N3O3/c1-17(2)15(21)19-10-6-13(7-11-19)14(20)18(3)12-16(22)8-4-5-9-16/h13,22H,4-12H2,1-3H3. The Balaban J connectivity index is 1.83. The fourth-order valence-electron chi connectivity index (χ4n) is 3.62. The van der Waals surface area contributed by atoms with Crippen LogP contribution in [-0.2, 0) is 4.79 Å². The van der Waals surface area contributed by atoms with Gasteiger partial charge in [-0.2, -0.15) is 0 Å². The Kier molecular flexibility index (Phi) is 5.32. The molecule has 3 amide bonds. The van der Waals surface area contributed by atoms with Gasteiger partial charge >= 0.3 is 6.03 Å². The quantitative estimate of drug-likeness (QED) is 0.850. The lowest BCUT2D eigenvalue weighted by atomic mass is 9.94. The van der Waals surface area contributed by atoms with Gasteiger partial charge in [-0.3, -0.25) is 4.79 Å². The summed E-state index contributed by atoms with van der Waals surface area (Å²) in [6.07, 6.45) is 5.09. The number of likely N-dealkylation sites (N-methyl/N-ethyl adjacent to an activating group) is 1. The van der Waals surface area contributed by atoms with Gasteiger partial charge in [-0.25, -0.2) is 4.79 Å². The summed E-state index contributed by atoms with van der Waals surface area (Å²) in [5.74, 6) is 0.0819. The first kappa shape index (κ1) is 17.1. The second kappa shape index (κ2) is 6.86. The number of aliphatic hydroxyl groups is 1. The number of carbonyl (C=O) groups is 2. The van der Waals surface area contributed by atoms with Crippen LogP contribution >= 0.6 is 0 Å². The normalized spacial score (nSPS) is 21.7. The van der Waals surface area contributed by atoms with E-state index in [4.69, 9.17) is 0 Å². The lowest BCUT2D eigenvalue weighted by Gasteiger charge is -2.36. The van der Waals surface area contributed by atoms with Crippen LogP contribution in [0, 0.1) is 5.92 Å². The molecule has 1 aliphatic carbocycles. The maximum Gasteiger partial charge on any atom is 0.319 e. The molecule has 1 N–H and O–H groups in total. The average molecular weight is 311 g/mol. The number of nitrogens with zero attached hydrogens (tertiary/aromatic N) is 3. The van der Waals surface area contributed by atoms with Crippen LogP contribution in [0.25, 0.3) is 0 Å². The third kappa shape index (κ3) is 3.91. The molecule has 1 saturated heterocycles. The third-order valence-corrected chi connectivity index (χ3v) is 4.94. The number of carbonyl (C=O) groups excluding carboxylic acids is 2. The molecule has 1 heterocycles. The van der Waals surface area contributed by atoms with Crippen molar-refractivity contribution in [3.8, 4) is 0 Å². The molecule has 2 fully saturated rings. The predicted molar refractivity (Wildman–Crippen MR) is 84.4 cm³/mol. The van der Waals surface area contributed by atoms with Crippen LogP contribution in [0.4, 0.5) is 4.79 Å². The molecule has 6 heteroatoms. The second-order valence-electron chi connectivity index (χ2n) is 7.06. The molecule has 2 rings (SSSR count). The monoisotopic (exact) mass is 311 g/mol. The van der Waals surface area contributed by atoms with Crippen LogP contribution < -0.4 is 0 Å². The highest BCUT2D eigenvalue weighted by atomic mass is 16.3. The Labute approximate surface area is 133 Å². The van der Waals surface area contributed by atoms with Gasteiger partial charge < -0.3 is 19.8 Å². The van der Waals surface area contributed by atoms with Crippen molar-refractivity contribution in [1.82, 2.24) is 14.7 Å². The zero-order valence-electron chi connectivity index (χ0n) is 14.0. The van der Waals surface area contributed by atoms with Gasteiger partial charge in [-0.05, 0) is 25.7 Å². The number of urea groups is 1. The SMILES string of the molecule is CN(C)C(=O)N1CCC(C(=O)N(C)CC2(O)CCCC2)CC1. The fourth-order valence-corrected chi connectivity index (χ4v) is 3.62. The summed E-state index contributed by atoms with van der Waals surface area (Å²) in [5, 5.41) is 10.4. The molecule has 0 spiro atoms. The lowest BCUT2D eigenvalue weighted by Crippen LogP contribution is -2.48. The largest absolute Gasteiger partial charge is 0.388 e. The summed E-state index contributed by atoms with van der Waals surface area (Å²) in [7, 11) is 5.28. The zero-order chi connectivity index (χ0) is 16.3. The van der Waals surface area contributed by atoms with Gasteiger partial charge in [-0.15, -0.1) is 0 Å². The molecule has 0 atom stereocenters. The first-order valence-electron chi connectivity index (χ1n) is 8.26. The van der Waals surface area contributed by atoms with E-state index in [0.717, 1.165) is 25.7 Å². The molecule has 0 aromatic heterocycles. The fraction of sp³-hybridized carbons (Fsp3) is 0.875. The Hall–Kier alpha value is -1.30. The molecule has 0 unspecified atom stereocenters. The molecule has 0 radical (unpaired) electrons. The molecule has 1 aliphatic heterocycles. The van der Waals surface area contributed by atoms with Crippen molar-refractivity contribution in [2.75, 3.05) is 40.8 Å². The molecule has 22 heavy (non-hydrogen) atoms. The van der Waals surface area contributed by atoms with Crippen molar-refractivity contribution in [3.63, 3.8) is 0 Å². The predicted octanol–water partition coefficient (Wildman–Crippen LogP) is 1.14. The number of piperidine rings is 1. The van der Waals surface area contributed by atoms with Crippen LogP contribution in [0.5, 0.6) is 0 Å². The van der Waals surface area contributed by atoms with Crippen molar-refractivity contribution in [2.45, 2.75) is 44.1 Å². The summed E-state index contributed by atoms with van der Waals surface area (Å²) in [6.45, 7) is 1.69. The van der Waals surface area contributed by atoms with E-state index < -0.39 is 5.60 Å². The van der Waals surface area contributed by atoms with Crippen LogP contribution in [0.2, 0.25) is 0 Å². The summed E-state index contributed by atoms with van der Waals surface area (Å²) in [6, 6.07) is 0.0134. The highest BCUT2D eigenvalue weighted by Crippen LogP contribution is 2.30. The Morgan fingerprint density at radius 3 is 2.18 bits per heavy atom. The van der Waals surface area contributed by atoms with E-state index in [0.29, 0.717) is 32.5 Å². The topological polar surface area (TPSA) is 64.1 Å². The third-order valence-electron chi connectivity index (χ3n) is 4.94. The Bertz CT molecular complexity index is 411. The van der Waals surface area contributed by atoms with Crippen molar-refractivity contribution < 1.29 is 14.7 Å². The van der Waals surface area contributed by atoms with Gasteiger partial charge in [-0.1, -0.05) is 12.8 Å². The van der Waals surface area contributed by atoms with Crippen molar-refractivity contribution >= 4 is 11.9 Å². The zero-order valence-corrected chi connectivity index (χ0v) is 14.0. The van der Waals surface area contributed by atoms with Gasteiger partial charge in [0.05, 0.1) is 5.60 Å². The number of hydrogen-bond acceptors (Lipinski definition) is 3. The van der Waals surface area contributed by atoms with Gasteiger partial charge in [0.1, 0.15) is 0 Å². The van der Waals surface area contributed by atoms with Crippen molar-refractivity contribution in [3.05, 3.63) is 0 Å². The molecule has 2 aliphatic rings. The van der Waals surface area contributed by atoms with Gasteiger partial charge in [0.15, 0.2) is 0 Å². The van der Waals surface area contributed by atoms with Gasteiger partial charge in [0.2, 0.25) is 5.91 Å². The number of likely N-dealkylation sites (tertiary alicyclic amines) is 1. The maximum absolute atomic E-state index is 12.5. The summed E-state index contributed by atoms with van der Waals surface area (Å²) >= 11 is 0. The molecule has 6 nitrogen and oxygen atoms in total. The van der Waals surface area contributed by atoms with Crippen LogP contribution in [0.15, 0.2) is 0 Å². The summed E-state index contributed by atoms with van der Waals surface area (Å²) in [5.41, 5.74) is -0.688. The molecular weight excluding hydrogens is 282 g/mol. The Morgan fingerprint density at radius 2 is 1.68 bits per heavy atom. The van der Waals surface area contributed by atoms with Crippen LogP contribution in [0.1, 0.15) is 38.5 Å². The average Bonchev–Trinajstić information content (AvgIpc) is 2.92. The van der Waals surface area contributed by atoms with Gasteiger partial charge in [0, 0.05) is 46.7 Å². The first-order chi connectivity index (χ1) is 10.3. The minimum Gasteiger partial charge on any atom is -0.388 e. The molecule has 1 saturated carbocycles.